The number of hydrogen-bond donors (Lipinski definition) is 7. The number of methoxy groups -OCH3 is 2. The summed E-state index contributed by atoms with van der Waals surface area (Å²) in [7, 11) is 2.53. The summed E-state index contributed by atoms with van der Waals surface area (Å²) in [6.45, 7) is -0.688. The molecule has 0 spiro atoms. The van der Waals surface area contributed by atoms with Crippen LogP contribution in [-0.4, -0.2) is 81.0 Å². The van der Waals surface area contributed by atoms with Gasteiger partial charge in [-0.3, -0.25) is 4.79 Å². The van der Waals surface area contributed by atoms with E-state index in [1.807, 2.05) is 0 Å². The molecule has 0 saturated carbocycles. The van der Waals surface area contributed by atoms with Crippen LogP contribution in [0.25, 0.3) is 22.3 Å². The molecule has 2 heterocycles. The number of ether oxygens (including phenoxy) is 3. The number of aromatic hydroxyl groups is 3. The van der Waals surface area contributed by atoms with Crippen molar-refractivity contribution in [1.29, 1.82) is 0 Å². The molecule has 1 saturated heterocycles. The van der Waals surface area contributed by atoms with Crippen LogP contribution < -0.4 is 14.9 Å². The second kappa shape index (κ2) is 9.24. The lowest BCUT2D eigenvalue weighted by Crippen LogP contribution is -2.55. The number of fused-ring (bicyclic) bond motifs is 1. The molecule has 12 nitrogen and oxygen atoms in total. The van der Waals surface area contributed by atoms with Crippen LogP contribution in [0, 0.1) is 0 Å². The molecule has 1 aliphatic heterocycles. The largest absolute Gasteiger partial charge is 0.506 e. The van der Waals surface area contributed by atoms with Gasteiger partial charge in [0.15, 0.2) is 16.9 Å². The van der Waals surface area contributed by atoms with Gasteiger partial charge < -0.3 is 54.4 Å². The molecule has 0 amide bonds. The normalized spacial score (nSPS) is 24.5. The fraction of sp³-hybridized carbons (Fsp3) is 0.348. The zero-order chi connectivity index (χ0) is 25.6. The maximum Gasteiger partial charge on any atom is 0.200 e. The maximum absolute atomic E-state index is 13.0. The molecule has 1 aromatic heterocycles. The van der Waals surface area contributed by atoms with E-state index >= 15 is 0 Å². The van der Waals surface area contributed by atoms with Crippen LogP contribution in [0.2, 0.25) is 0 Å². The van der Waals surface area contributed by atoms with Gasteiger partial charge in [-0.1, -0.05) is 0 Å². The van der Waals surface area contributed by atoms with E-state index in [0.29, 0.717) is 0 Å². The van der Waals surface area contributed by atoms with Gasteiger partial charge in [0.2, 0.25) is 5.75 Å². The van der Waals surface area contributed by atoms with Crippen LogP contribution in [0.3, 0.4) is 0 Å². The molecule has 0 bridgehead atoms. The Morgan fingerprint density at radius 1 is 0.886 bits per heavy atom. The van der Waals surface area contributed by atoms with Crippen molar-refractivity contribution in [3.8, 4) is 40.1 Å². The van der Waals surface area contributed by atoms with E-state index in [-0.39, 0.29) is 39.4 Å². The zero-order valence-electron chi connectivity index (χ0n) is 18.6. The Labute approximate surface area is 197 Å². The highest BCUT2D eigenvalue weighted by Gasteiger charge is 2.46. The number of aliphatic hydroxyl groups is 4. The van der Waals surface area contributed by atoms with Crippen LogP contribution in [0.5, 0.6) is 28.7 Å². The Morgan fingerprint density at radius 3 is 2.20 bits per heavy atom. The Balaban J connectivity index is 1.90. The highest BCUT2D eigenvalue weighted by atomic mass is 16.5. The summed E-state index contributed by atoms with van der Waals surface area (Å²) in [6.07, 6.45) is -7.80. The van der Waals surface area contributed by atoms with Gasteiger partial charge in [-0.2, -0.15) is 0 Å². The van der Waals surface area contributed by atoms with Crippen molar-refractivity contribution in [2.75, 3.05) is 20.8 Å². The minimum atomic E-state index is -1.73. The molecule has 3 aromatic rings. The molecule has 2 aromatic carbocycles. The van der Waals surface area contributed by atoms with E-state index in [1.54, 1.807) is 0 Å². The van der Waals surface area contributed by atoms with Gasteiger partial charge in [0, 0.05) is 17.7 Å². The van der Waals surface area contributed by atoms with Gasteiger partial charge in [0.05, 0.1) is 26.4 Å². The van der Waals surface area contributed by atoms with E-state index in [2.05, 4.69) is 0 Å². The van der Waals surface area contributed by atoms with Crippen molar-refractivity contribution < 1.29 is 54.4 Å². The second-order valence-corrected chi connectivity index (χ2v) is 7.98. The third-order valence-electron chi connectivity index (χ3n) is 5.95. The molecule has 35 heavy (non-hydrogen) atoms. The summed E-state index contributed by atoms with van der Waals surface area (Å²) in [5.41, 5.74) is -0.839. The predicted molar refractivity (Wildman–Crippen MR) is 119 cm³/mol. The molecular weight excluding hydrogens is 468 g/mol. The number of rotatable bonds is 5. The quantitative estimate of drug-likeness (QED) is 0.238. The molecule has 5 atom stereocenters. The van der Waals surface area contributed by atoms with E-state index in [9.17, 15) is 40.5 Å². The van der Waals surface area contributed by atoms with Crippen molar-refractivity contribution in [2.45, 2.75) is 30.5 Å². The van der Waals surface area contributed by atoms with E-state index in [4.69, 9.17) is 18.6 Å². The number of benzene rings is 2. The molecule has 0 radical (unpaired) electrons. The van der Waals surface area contributed by atoms with Gasteiger partial charge in [-0.15, -0.1) is 0 Å². The third-order valence-corrected chi connectivity index (χ3v) is 5.95. The van der Waals surface area contributed by atoms with E-state index < -0.39 is 59.8 Å². The van der Waals surface area contributed by atoms with Gasteiger partial charge in [-0.05, 0) is 12.1 Å². The summed E-state index contributed by atoms with van der Waals surface area (Å²) < 4.78 is 21.6. The molecule has 12 heteroatoms. The number of phenolic OH excluding ortho intramolecular Hbond substituents is 3. The Hall–Kier alpha value is -3.55. The van der Waals surface area contributed by atoms with Gasteiger partial charge in [-0.25, -0.2) is 0 Å². The van der Waals surface area contributed by atoms with Crippen molar-refractivity contribution in [1.82, 2.24) is 0 Å². The molecular formula is C23H24O12. The maximum atomic E-state index is 13.0. The fourth-order valence-corrected chi connectivity index (χ4v) is 4.11. The zero-order valence-corrected chi connectivity index (χ0v) is 18.6. The summed E-state index contributed by atoms with van der Waals surface area (Å²) in [5, 5.41) is 70.7. The molecule has 188 valence electrons. The Kier molecular flexibility index (Phi) is 6.49. The van der Waals surface area contributed by atoms with Crippen LogP contribution >= 0.6 is 0 Å². The van der Waals surface area contributed by atoms with Crippen LogP contribution in [-0.2, 0) is 4.74 Å². The third kappa shape index (κ3) is 4.00. The van der Waals surface area contributed by atoms with Gasteiger partial charge in [0.1, 0.15) is 58.7 Å². The molecule has 0 unspecified atom stereocenters. The number of phenols is 3. The van der Waals surface area contributed by atoms with Crippen molar-refractivity contribution in [3.63, 3.8) is 0 Å². The minimum Gasteiger partial charge on any atom is -0.506 e. The Bertz CT molecular complexity index is 1310. The predicted octanol–water partition coefficient (Wildman–Crippen LogP) is 0.109. The minimum absolute atomic E-state index is 0.0295. The summed E-state index contributed by atoms with van der Waals surface area (Å²) >= 11 is 0. The van der Waals surface area contributed by atoms with E-state index in [0.717, 1.165) is 12.1 Å². The standard InChI is InChI=1S/C23H24O12/c1-32-12-6-13-16(20(29)17(12)23-22(31)21(30)19(28)15(7-24)35-23)9(25)5-11(34-13)8-3-10(26)18(27)14(4-8)33-2/h3-6,15,19,21-24,26-31H,7H2,1-2H3/t15-,19-,21+,22-,23+/m1/s1. The topological polar surface area (TPSA) is 200 Å². The SMILES string of the molecule is COc1cc(-c2cc(=O)c3c(O)c([C@@H]4O[C@H](CO)[C@@H](O)[C@H](O)[C@H]4O)c(OC)cc3o2)cc(O)c1O. The molecule has 1 aliphatic rings. The monoisotopic (exact) mass is 492 g/mol. The number of hydrogen-bond acceptors (Lipinski definition) is 12. The van der Waals surface area contributed by atoms with Crippen molar-refractivity contribution in [2.24, 2.45) is 0 Å². The number of aliphatic hydroxyl groups excluding tert-OH is 4. The lowest BCUT2D eigenvalue weighted by molar-refractivity contribution is -0.232. The van der Waals surface area contributed by atoms with Gasteiger partial charge in [0.25, 0.3) is 0 Å². The lowest BCUT2D eigenvalue weighted by Gasteiger charge is -2.40. The molecule has 1 fully saturated rings. The highest BCUT2D eigenvalue weighted by molar-refractivity contribution is 5.88. The van der Waals surface area contributed by atoms with Crippen LogP contribution in [0.4, 0.5) is 0 Å². The van der Waals surface area contributed by atoms with E-state index in [1.165, 1.54) is 26.4 Å². The first-order valence-electron chi connectivity index (χ1n) is 10.4. The smallest absolute Gasteiger partial charge is 0.200 e. The molecule has 0 aliphatic carbocycles. The van der Waals surface area contributed by atoms with Crippen molar-refractivity contribution in [3.05, 3.63) is 40.1 Å². The first-order chi connectivity index (χ1) is 16.6. The average Bonchev–Trinajstić information content (AvgIpc) is 2.84. The highest BCUT2D eigenvalue weighted by Crippen LogP contribution is 2.45. The summed E-state index contributed by atoms with van der Waals surface area (Å²) in [6, 6.07) is 4.78. The van der Waals surface area contributed by atoms with Crippen LogP contribution in [0.15, 0.2) is 33.5 Å². The first kappa shape index (κ1) is 24.6. The fourth-order valence-electron chi connectivity index (χ4n) is 4.11. The van der Waals surface area contributed by atoms with Crippen LogP contribution in [0.1, 0.15) is 11.7 Å². The first-order valence-corrected chi connectivity index (χ1v) is 10.4. The molecule has 4 rings (SSSR count). The van der Waals surface area contributed by atoms with Gasteiger partial charge >= 0.3 is 0 Å². The second-order valence-electron chi connectivity index (χ2n) is 7.98. The molecule has 7 N–H and O–H groups in total. The Morgan fingerprint density at radius 2 is 1.57 bits per heavy atom. The summed E-state index contributed by atoms with van der Waals surface area (Å²) in [4.78, 5) is 13.0. The average molecular weight is 492 g/mol. The van der Waals surface area contributed by atoms with Crippen molar-refractivity contribution >= 4 is 11.0 Å². The summed E-state index contributed by atoms with van der Waals surface area (Å²) in [5.74, 6) is -1.84. The lowest BCUT2D eigenvalue weighted by atomic mass is 9.89.